The normalized spacial score (nSPS) is 16.2. The van der Waals surface area contributed by atoms with Gasteiger partial charge in [-0.1, -0.05) is 55.4 Å². The van der Waals surface area contributed by atoms with Crippen LogP contribution < -0.4 is 43.0 Å². The Kier molecular flexibility index (Phi) is 27.0. The van der Waals surface area contributed by atoms with Gasteiger partial charge in [0.25, 0.3) is 0 Å². The van der Waals surface area contributed by atoms with E-state index in [-0.39, 0.29) is 43.4 Å². The van der Waals surface area contributed by atoms with Crippen molar-refractivity contribution < 1.29 is 58.5 Å². The third kappa shape index (κ3) is 21.4. The molecule has 0 heterocycles. The number of nitrogens with zero attached hydrogens (tertiary/aromatic N) is 1. The van der Waals surface area contributed by atoms with E-state index in [1.54, 1.807) is 47.8 Å². The number of carbonyl (C=O) groups is 9. The number of thioether (sulfide) groups is 1. The van der Waals surface area contributed by atoms with Gasteiger partial charge in [-0.2, -0.15) is 11.8 Å². The second kappa shape index (κ2) is 29.1. The third-order valence-corrected chi connectivity index (χ3v) is 10.6. The zero-order valence-electron chi connectivity index (χ0n) is 39.8. The van der Waals surface area contributed by atoms with Gasteiger partial charge in [-0.15, -0.1) is 0 Å². The largest absolute Gasteiger partial charge is 0.480 e. The molecule has 0 rings (SSSR count). The van der Waals surface area contributed by atoms with Crippen LogP contribution >= 0.6 is 11.8 Å². The number of nitrogens with one attached hydrogen (secondary N) is 7. The second-order valence-electron chi connectivity index (χ2n) is 17.9. The molecule has 8 amide bonds. The van der Waals surface area contributed by atoms with Gasteiger partial charge in [0.2, 0.25) is 47.3 Å². The van der Waals surface area contributed by atoms with Gasteiger partial charge in [0.1, 0.15) is 48.3 Å². The van der Waals surface area contributed by atoms with Crippen LogP contribution in [0, 0.1) is 23.7 Å². The minimum atomic E-state index is -1.59. The summed E-state index contributed by atoms with van der Waals surface area (Å²) >= 11 is 1.39. The van der Waals surface area contributed by atoms with E-state index in [9.17, 15) is 58.5 Å². The van der Waals surface area contributed by atoms with Gasteiger partial charge >= 0.3 is 5.97 Å². The number of amides is 8. The molecule has 0 saturated heterocycles. The summed E-state index contributed by atoms with van der Waals surface area (Å²) in [6.45, 7) is 17.5. The lowest BCUT2D eigenvalue weighted by Crippen LogP contribution is -2.61. The monoisotopic (exact) mass is 932 g/mol. The fraction of sp³-hybridized carbons (Fsp3) is 0.786. The predicted octanol–water partition coefficient (Wildman–Crippen LogP) is -1.42. The molecule has 0 saturated carbocycles. The number of aliphatic carboxylic acids is 1. The van der Waals surface area contributed by atoms with Crippen LogP contribution in [-0.4, -0.2) is 160 Å². The van der Waals surface area contributed by atoms with Gasteiger partial charge < -0.3 is 63.2 Å². The Morgan fingerprint density at radius 3 is 1.44 bits per heavy atom. The quantitative estimate of drug-likeness (QED) is 0.0411. The molecular formula is C42H77N9O12S. The number of carbonyl (C=O) groups excluding carboxylic acids is 8. The molecule has 10 atom stereocenters. The van der Waals surface area contributed by atoms with Crippen molar-refractivity contribution in [3.63, 3.8) is 0 Å². The van der Waals surface area contributed by atoms with E-state index in [0.29, 0.717) is 5.75 Å². The maximum absolute atomic E-state index is 13.8. The summed E-state index contributed by atoms with van der Waals surface area (Å²) in [4.78, 5) is 119. The van der Waals surface area contributed by atoms with Crippen molar-refractivity contribution in [2.24, 2.45) is 29.4 Å². The summed E-state index contributed by atoms with van der Waals surface area (Å²) in [7, 11) is 1.33. The number of rotatable bonds is 29. The number of aliphatic hydroxyl groups is 2. The summed E-state index contributed by atoms with van der Waals surface area (Å²) in [6, 6.07) is -9.92. The lowest BCUT2D eigenvalue weighted by atomic mass is 9.99. The van der Waals surface area contributed by atoms with Crippen LogP contribution in [0.4, 0.5) is 0 Å². The molecule has 0 radical (unpaired) electrons. The van der Waals surface area contributed by atoms with Crippen LogP contribution in [0.3, 0.4) is 0 Å². The Hall–Kier alpha value is -4.54. The van der Waals surface area contributed by atoms with E-state index >= 15 is 0 Å². The molecule has 0 aromatic carbocycles. The number of hydrogen-bond acceptors (Lipinski definition) is 13. The van der Waals surface area contributed by atoms with Gasteiger partial charge in [0.05, 0.1) is 18.8 Å². The number of carboxylic acid groups (broad SMARTS) is 1. The van der Waals surface area contributed by atoms with Crippen molar-refractivity contribution in [2.75, 3.05) is 25.6 Å². The summed E-state index contributed by atoms with van der Waals surface area (Å²) < 4.78 is 0. The minimum Gasteiger partial charge on any atom is -0.480 e. The molecule has 0 unspecified atom stereocenters. The van der Waals surface area contributed by atoms with Crippen LogP contribution in [-0.2, 0) is 43.2 Å². The molecular weight excluding hydrogens is 855 g/mol. The molecule has 22 heteroatoms. The minimum absolute atomic E-state index is 0.0453. The number of carboxylic acids is 1. The first-order valence-corrected chi connectivity index (χ1v) is 23.1. The van der Waals surface area contributed by atoms with Crippen molar-refractivity contribution >= 4 is 65.0 Å². The Morgan fingerprint density at radius 1 is 0.578 bits per heavy atom. The highest BCUT2D eigenvalue weighted by Gasteiger charge is 2.37. The van der Waals surface area contributed by atoms with E-state index < -0.39 is 126 Å². The zero-order chi connectivity index (χ0) is 49.8. The van der Waals surface area contributed by atoms with E-state index in [0.717, 1.165) is 4.90 Å². The zero-order valence-corrected chi connectivity index (χ0v) is 40.6. The molecule has 0 aliphatic carbocycles. The van der Waals surface area contributed by atoms with Gasteiger partial charge in [-0.05, 0) is 82.1 Å². The van der Waals surface area contributed by atoms with Crippen LogP contribution in [0.1, 0.15) is 102 Å². The Bertz CT molecular complexity index is 1580. The van der Waals surface area contributed by atoms with Gasteiger partial charge in [-0.3, -0.25) is 38.4 Å². The van der Waals surface area contributed by atoms with E-state index in [2.05, 4.69) is 37.2 Å². The maximum atomic E-state index is 13.8. The fourth-order valence-electron chi connectivity index (χ4n) is 6.51. The topological polar surface area (TPSA) is 328 Å². The van der Waals surface area contributed by atoms with E-state index in [1.807, 2.05) is 13.8 Å². The van der Waals surface area contributed by atoms with Crippen molar-refractivity contribution in [3.05, 3.63) is 0 Å². The number of likely N-dealkylation sites (N-methyl/N-ethyl adjacent to an activating group) is 1. The first-order chi connectivity index (χ1) is 29.5. The molecule has 21 nitrogen and oxygen atoms in total. The molecule has 0 fully saturated rings. The highest BCUT2D eigenvalue weighted by atomic mass is 32.2. The van der Waals surface area contributed by atoms with Crippen molar-refractivity contribution in [1.82, 2.24) is 42.1 Å². The van der Waals surface area contributed by atoms with Crippen LogP contribution in [0.15, 0.2) is 0 Å². The van der Waals surface area contributed by atoms with Crippen LogP contribution in [0.25, 0.3) is 0 Å². The van der Waals surface area contributed by atoms with Crippen molar-refractivity contribution in [2.45, 2.75) is 162 Å². The Morgan fingerprint density at radius 2 is 1.02 bits per heavy atom. The smallest absolute Gasteiger partial charge is 0.326 e. The summed E-state index contributed by atoms with van der Waals surface area (Å²) in [6.07, 6.45) is -0.338. The van der Waals surface area contributed by atoms with Crippen LogP contribution in [0.5, 0.6) is 0 Å². The van der Waals surface area contributed by atoms with E-state index in [1.165, 1.54) is 39.6 Å². The highest BCUT2D eigenvalue weighted by molar-refractivity contribution is 7.98. The Balaban J connectivity index is 6.01. The molecule has 0 aromatic rings. The lowest BCUT2D eigenvalue weighted by Gasteiger charge is -2.32. The molecule has 12 N–H and O–H groups in total. The first kappa shape index (κ1) is 59.5. The molecule has 0 spiro atoms. The van der Waals surface area contributed by atoms with Crippen LogP contribution in [0.2, 0.25) is 0 Å². The molecule has 0 aliphatic heterocycles. The fourth-order valence-corrected chi connectivity index (χ4v) is 6.98. The highest BCUT2D eigenvalue weighted by Crippen LogP contribution is 2.15. The predicted molar refractivity (Wildman–Crippen MR) is 242 cm³/mol. The van der Waals surface area contributed by atoms with Gasteiger partial charge in [0.15, 0.2) is 0 Å². The van der Waals surface area contributed by atoms with Crippen molar-refractivity contribution in [3.8, 4) is 0 Å². The number of nitrogens with two attached hydrogens (primary N) is 1. The molecule has 64 heavy (non-hydrogen) atoms. The summed E-state index contributed by atoms with van der Waals surface area (Å²) in [5.41, 5.74) is 5.70. The second-order valence-corrected chi connectivity index (χ2v) is 18.9. The number of aliphatic hydroxyl groups excluding tert-OH is 2. The molecule has 368 valence electrons. The lowest BCUT2D eigenvalue weighted by molar-refractivity contribution is -0.152. The number of hydrogen-bond donors (Lipinski definition) is 11. The standard InChI is InChI=1S/C42H77N9O12S/c1-20(2)16-28(46-31(54)19-44-35(55)24(9)45-36(56)29(17-21(3)4)49-39(59)32(43)25(10)52)37(57)48-30(18-22(5)6)38(58)50-33(26(11)53)40(60)47-27(14-15-64-13)41(61)51(12)34(23(7)8)42(62)63/h20-30,32-34,52-53H,14-19,43H2,1-13H3,(H,44,55)(H,45,56)(H,46,54)(H,47,60)(H,48,57)(H,49,59)(H,50,58)(H,62,63)/t24-,25+,26+,27-,28-,29-,30-,32-,33-,34-/m0/s1. The summed E-state index contributed by atoms with van der Waals surface area (Å²) in [5.74, 6) is -7.73. The first-order valence-electron chi connectivity index (χ1n) is 21.7. The molecule has 0 aromatic heterocycles. The molecule has 0 aliphatic rings. The SMILES string of the molecule is CSCC[C@H](NC(=O)[C@@H](NC(=O)[C@H](CC(C)C)NC(=O)[C@H](CC(C)C)NC(=O)CNC(=O)[C@H](C)NC(=O)[C@H](CC(C)C)NC(=O)[C@@H](N)[C@@H](C)O)[C@@H](C)O)C(=O)N(C)[C@H](C(=O)O)C(C)C. The van der Waals surface area contributed by atoms with E-state index in [4.69, 9.17) is 5.73 Å². The average Bonchev–Trinajstić information content (AvgIpc) is 3.17. The average molecular weight is 932 g/mol. The van der Waals surface area contributed by atoms with Gasteiger partial charge in [-0.25, -0.2) is 4.79 Å². The van der Waals surface area contributed by atoms with Gasteiger partial charge in [0, 0.05) is 7.05 Å². The van der Waals surface area contributed by atoms with Crippen molar-refractivity contribution in [1.29, 1.82) is 0 Å². The Labute approximate surface area is 382 Å². The summed E-state index contributed by atoms with van der Waals surface area (Å²) in [5, 5.41) is 47.8. The maximum Gasteiger partial charge on any atom is 0.326 e. The third-order valence-electron chi connectivity index (χ3n) is 9.97. The molecule has 0 bridgehead atoms.